The van der Waals surface area contributed by atoms with Crippen LogP contribution in [0.3, 0.4) is 0 Å². The number of amides is 2. The Hall–Kier alpha value is -2.05. The fourth-order valence-corrected chi connectivity index (χ4v) is 2.67. The van der Waals surface area contributed by atoms with E-state index in [2.05, 4.69) is 15.5 Å². The molecule has 3 N–H and O–H groups in total. The van der Waals surface area contributed by atoms with Gasteiger partial charge in [-0.1, -0.05) is 0 Å². The van der Waals surface area contributed by atoms with Gasteiger partial charge in [0, 0.05) is 19.5 Å². The molecule has 21 heavy (non-hydrogen) atoms. The summed E-state index contributed by atoms with van der Waals surface area (Å²) in [6.45, 7) is 5.06. The van der Waals surface area contributed by atoms with Crippen molar-refractivity contribution in [1.29, 1.82) is 0 Å². The molecule has 0 aliphatic carbocycles. The van der Waals surface area contributed by atoms with Gasteiger partial charge in [0.25, 0.3) is 0 Å². The number of carbonyl (C=O) groups is 2. The minimum absolute atomic E-state index is 0.112. The zero-order valence-electron chi connectivity index (χ0n) is 12.5. The highest BCUT2D eigenvalue weighted by Gasteiger charge is 2.24. The van der Waals surface area contributed by atoms with Crippen molar-refractivity contribution in [3.63, 3.8) is 0 Å². The van der Waals surface area contributed by atoms with Gasteiger partial charge < -0.3 is 15.3 Å². The van der Waals surface area contributed by atoms with Crippen molar-refractivity contribution >= 4 is 17.7 Å². The molecule has 1 aliphatic rings. The Labute approximate surface area is 123 Å². The fourth-order valence-electron chi connectivity index (χ4n) is 2.67. The van der Waals surface area contributed by atoms with Crippen LogP contribution in [0.2, 0.25) is 0 Å². The molecule has 1 aliphatic heterocycles. The third-order valence-electron chi connectivity index (χ3n) is 4.03. The molecule has 2 heterocycles. The predicted molar refractivity (Wildman–Crippen MR) is 78.2 cm³/mol. The van der Waals surface area contributed by atoms with Crippen molar-refractivity contribution in [2.75, 3.05) is 18.4 Å². The van der Waals surface area contributed by atoms with Gasteiger partial charge in [-0.3, -0.25) is 9.89 Å². The Kier molecular flexibility index (Phi) is 4.82. The molecule has 0 aromatic carbocycles. The third-order valence-corrected chi connectivity index (χ3v) is 4.03. The van der Waals surface area contributed by atoms with Crippen LogP contribution in [-0.4, -0.2) is 45.3 Å². The highest BCUT2D eigenvalue weighted by atomic mass is 16.4. The molecule has 2 rings (SSSR count). The number of H-pyrrole nitrogens is 1. The Morgan fingerprint density at radius 1 is 1.38 bits per heavy atom. The van der Waals surface area contributed by atoms with Crippen molar-refractivity contribution < 1.29 is 14.7 Å². The van der Waals surface area contributed by atoms with Gasteiger partial charge in [-0.05, 0) is 39.0 Å². The number of hydrogen-bond donors (Lipinski definition) is 3. The van der Waals surface area contributed by atoms with Crippen LogP contribution >= 0.6 is 0 Å². The normalized spacial score (nSPS) is 16.0. The van der Waals surface area contributed by atoms with Crippen LogP contribution in [0.15, 0.2) is 0 Å². The van der Waals surface area contributed by atoms with Gasteiger partial charge in [0.15, 0.2) is 0 Å². The van der Waals surface area contributed by atoms with Crippen molar-refractivity contribution in [3.05, 3.63) is 11.4 Å². The minimum Gasteiger partial charge on any atom is -0.481 e. The Balaban J connectivity index is 1.82. The van der Waals surface area contributed by atoms with E-state index in [4.69, 9.17) is 5.11 Å². The van der Waals surface area contributed by atoms with Crippen LogP contribution in [-0.2, 0) is 4.79 Å². The molecule has 1 aromatic heterocycles. The number of piperidine rings is 1. The SMILES string of the molecule is Cc1n[nH]c(C)c1NC(=O)N1CCC(CCC(=O)O)CC1. The number of carbonyl (C=O) groups excluding carboxylic acids is 1. The molecule has 0 spiro atoms. The first kappa shape index (κ1) is 15.3. The number of carboxylic acid groups (broad SMARTS) is 1. The van der Waals surface area contributed by atoms with Crippen LogP contribution in [0, 0.1) is 19.8 Å². The first-order valence-electron chi connectivity index (χ1n) is 7.26. The highest BCUT2D eigenvalue weighted by Crippen LogP contribution is 2.23. The van der Waals surface area contributed by atoms with Crippen LogP contribution in [0.1, 0.15) is 37.1 Å². The number of nitrogens with zero attached hydrogens (tertiary/aromatic N) is 2. The topological polar surface area (TPSA) is 98.3 Å². The number of aromatic nitrogens is 2. The number of rotatable bonds is 4. The van der Waals surface area contributed by atoms with Crippen LogP contribution in [0.4, 0.5) is 10.5 Å². The van der Waals surface area contributed by atoms with Crippen molar-refractivity contribution in [1.82, 2.24) is 15.1 Å². The number of urea groups is 1. The maximum atomic E-state index is 12.2. The Bertz CT molecular complexity index is 499. The summed E-state index contributed by atoms with van der Waals surface area (Å²) >= 11 is 0. The molecule has 0 saturated carbocycles. The van der Waals surface area contributed by atoms with Crippen LogP contribution < -0.4 is 5.32 Å². The second-order valence-electron chi connectivity index (χ2n) is 5.60. The first-order valence-corrected chi connectivity index (χ1v) is 7.26. The smallest absolute Gasteiger partial charge is 0.321 e. The van der Waals surface area contributed by atoms with Gasteiger partial charge in [-0.2, -0.15) is 5.10 Å². The quantitative estimate of drug-likeness (QED) is 0.792. The van der Waals surface area contributed by atoms with E-state index in [0.29, 0.717) is 25.4 Å². The lowest BCUT2D eigenvalue weighted by Gasteiger charge is -2.31. The first-order chi connectivity index (χ1) is 9.97. The van der Waals surface area contributed by atoms with Gasteiger partial charge in [-0.25, -0.2) is 4.79 Å². The molecule has 1 fully saturated rings. The lowest BCUT2D eigenvalue weighted by Crippen LogP contribution is -2.41. The number of likely N-dealkylation sites (tertiary alicyclic amines) is 1. The summed E-state index contributed by atoms with van der Waals surface area (Å²) in [5.41, 5.74) is 2.36. The molecule has 0 atom stereocenters. The lowest BCUT2D eigenvalue weighted by molar-refractivity contribution is -0.137. The molecule has 2 amide bonds. The number of aliphatic carboxylic acids is 1. The number of nitrogens with one attached hydrogen (secondary N) is 2. The molecule has 1 aromatic rings. The second-order valence-corrected chi connectivity index (χ2v) is 5.60. The number of carboxylic acids is 1. The molecule has 7 heteroatoms. The second kappa shape index (κ2) is 6.60. The van der Waals surface area contributed by atoms with Gasteiger partial charge in [0.1, 0.15) is 0 Å². The summed E-state index contributed by atoms with van der Waals surface area (Å²) in [5.74, 6) is -0.344. The zero-order valence-corrected chi connectivity index (χ0v) is 12.5. The Morgan fingerprint density at radius 3 is 2.57 bits per heavy atom. The average molecular weight is 294 g/mol. The maximum absolute atomic E-state index is 12.2. The highest BCUT2D eigenvalue weighted by molar-refractivity contribution is 5.90. The van der Waals surface area contributed by atoms with E-state index >= 15 is 0 Å². The largest absolute Gasteiger partial charge is 0.481 e. The molecular formula is C14H22N4O3. The molecule has 116 valence electrons. The minimum atomic E-state index is -0.749. The molecule has 0 bridgehead atoms. The van der Waals surface area contributed by atoms with E-state index in [1.807, 2.05) is 13.8 Å². The summed E-state index contributed by atoms with van der Waals surface area (Å²) in [5, 5.41) is 18.5. The molecule has 7 nitrogen and oxygen atoms in total. The summed E-state index contributed by atoms with van der Waals surface area (Å²) < 4.78 is 0. The van der Waals surface area contributed by atoms with E-state index in [9.17, 15) is 9.59 Å². The number of hydrogen-bond acceptors (Lipinski definition) is 3. The van der Waals surface area contributed by atoms with E-state index in [-0.39, 0.29) is 12.5 Å². The lowest BCUT2D eigenvalue weighted by atomic mass is 9.92. The average Bonchev–Trinajstić information content (AvgIpc) is 2.77. The fraction of sp³-hybridized carbons (Fsp3) is 0.643. The summed E-state index contributed by atoms with van der Waals surface area (Å²) in [7, 11) is 0. The van der Waals surface area contributed by atoms with Crippen molar-refractivity contribution in [2.24, 2.45) is 5.92 Å². The Morgan fingerprint density at radius 2 is 2.05 bits per heavy atom. The summed E-state index contributed by atoms with van der Waals surface area (Å²) in [6.07, 6.45) is 2.64. The summed E-state index contributed by atoms with van der Waals surface area (Å²) in [6, 6.07) is -0.112. The van der Waals surface area contributed by atoms with Crippen LogP contribution in [0.25, 0.3) is 0 Å². The maximum Gasteiger partial charge on any atom is 0.321 e. The van der Waals surface area contributed by atoms with E-state index in [1.165, 1.54) is 0 Å². The number of anilines is 1. The predicted octanol–water partition coefficient (Wildman–Crippen LogP) is 2.14. The van der Waals surface area contributed by atoms with Crippen LogP contribution in [0.5, 0.6) is 0 Å². The van der Waals surface area contributed by atoms with Gasteiger partial charge >= 0.3 is 12.0 Å². The monoisotopic (exact) mass is 294 g/mol. The summed E-state index contributed by atoms with van der Waals surface area (Å²) in [4.78, 5) is 24.6. The molecule has 0 radical (unpaired) electrons. The molecule has 0 unspecified atom stereocenters. The zero-order chi connectivity index (χ0) is 15.4. The molecule has 1 saturated heterocycles. The number of aryl methyl sites for hydroxylation is 2. The number of aromatic amines is 1. The van der Waals surface area contributed by atoms with E-state index < -0.39 is 5.97 Å². The van der Waals surface area contributed by atoms with Gasteiger partial charge in [0.2, 0.25) is 0 Å². The van der Waals surface area contributed by atoms with E-state index in [1.54, 1.807) is 4.90 Å². The van der Waals surface area contributed by atoms with Crippen molar-refractivity contribution in [3.8, 4) is 0 Å². The van der Waals surface area contributed by atoms with E-state index in [0.717, 1.165) is 29.9 Å². The van der Waals surface area contributed by atoms with Gasteiger partial charge in [0.05, 0.1) is 17.1 Å². The third kappa shape index (κ3) is 3.96. The van der Waals surface area contributed by atoms with Gasteiger partial charge in [-0.15, -0.1) is 0 Å². The molecular weight excluding hydrogens is 272 g/mol. The van der Waals surface area contributed by atoms with Crippen molar-refractivity contribution in [2.45, 2.75) is 39.5 Å². The standard InChI is InChI=1S/C14H22N4O3/c1-9-13(10(2)17-16-9)15-14(21)18-7-5-11(6-8-18)3-4-12(19)20/h11H,3-8H2,1-2H3,(H,15,21)(H,16,17)(H,19,20).